The molecule has 0 aromatic heterocycles. The van der Waals surface area contributed by atoms with E-state index >= 15 is 0 Å². The third-order valence-electron chi connectivity index (χ3n) is 2.33. The lowest BCUT2D eigenvalue weighted by Crippen LogP contribution is -2.39. The highest BCUT2D eigenvalue weighted by Gasteiger charge is 2.13. The summed E-state index contributed by atoms with van der Waals surface area (Å²) in [7, 11) is -1.34. The van der Waals surface area contributed by atoms with Crippen LogP contribution in [-0.4, -0.2) is 36.7 Å². The van der Waals surface area contributed by atoms with E-state index in [4.69, 9.17) is 19.8 Å². The van der Waals surface area contributed by atoms with E-state index in [0.29, 0.717) is 31.7 Å². The summed E-state index contributed by atoms with van der Waals surface area (Å²) in [4.78, 5) is 2.33. The van der Waals surface area contributed by atoms with E-state index in [9.17, 15) is 0 Å². The summed E-state index contributed by atoms with van der Waals surface area (Å²) in [6, 6.07) is 2.97. The highest BCUT2D eigenvalue weighted by atomic mass is 31.2. The molecule has 0 aromatic rings. The molecule has 0 radical (unpaired) electrons. The van der Waals surface area contributed by atoms with E-state index in [-0.39, 0.29) is 0 Å². The predicted octanol–water partition coefficient (Wildman–Crippen LogP) is 2.24. The monoisotopic (exact) mass is 261 g/mol. The SMILES string of the molecule is CC(C)N(CCOP(N)OCCC#N)C(C)C. The van der Waals surface area contributed by atoms with Gasteiger partial charge in [-0.3, -0.25) is 10.4 Å². The van der Waals surface area contributed by atoms with Crippen LogP contribution >= 0.6 is 8.53 Å². The Hall–Kier alpha value is -0.240. The minimum absolute atomic E-state index is 0.344. The van der Waals surface area contributed by atoms with Gasteiger partial charge in [-0.25, -0.2) is 0 Å². The predicted molar refractivity (Wildman–Crippen MR) is 70.2 cm³/mol. The van der Waals surface area contributed by atoms with Crippen molar-refractivity contribution in [1.29, 1.82) is 5.26 Å². The lowest BCUT2D eigenvalue weighted by atomic mass is 10.2. The highest BCUT2D eigenvalue weighted by molar-refractivity contribution is 7.44. The number of nitriles is 1. The molecule has 100 valence electrons. The summed E-state index contributed by atoms with van der Waals surface area (Å²) in [6.07, 6.45) is 0.351. The second-order valence-corrected chi connectivity index (χ2v) is 5.37. The first-order valence-electron chi connectivity index (χ1n) is 5.92. The van der Waals surface area contributed by atoms with Gasteiger partial charge in [-0.15, -0.1) is 0 Å². The van der Waals surface area contributed by atoms with E-state index in [1.807, 2.05) is 6.07 Å². The molecule has 0 heterocycles. The van der Waals surface area contributed by atoms with Crippen molar-refractivity contribution in [2.24, 2.45) is 5.50 Å². The Morgan fingerprint density at radius 1 is 1.18 bits per heavy atom. The van der Waals surface area contributed by atoms with Crippen LogP contribution in [0.5, 0.6) is 0 Å². The van der Waals surface area contributed by atoms with Crippen molar-refractivity contribution in [1.82, 2.24) is 4.90 Å². The Bertz CT molecular complexity index is 223. The Labute approximate surface area is 106 Å². The van der Waals surface area contributed by atoms with Crippen molar-refractivity contribution in [2.45, 2.75) is 46.2 Å². The lowest BCUT2D eigenvalue weighted by Gasteiger charge is -2.30. The number of hydrogen-bond donors (Lipinski definition) is 1. The second-order valence-electron chi connectivity index (χ2n) is 4.29. The first-order chi connectivity index (χ1) is 7.99. The highest BCUT2D eigenvalue weighted by Crippen LogP contribution is 2.28. The second kappa shape index (κ2) is 9.76. The fourth-order valence-corrected chi connectivity index (χ4v) is 2.17. The van der Waals surface area contributed by atoms with Gasteiger partial charge in [0.1, 0.15) is 0 Å². The molecule has 0 aliphatic rings. The maximum absolute atomic E-state index is 8.34. The van der Waals surface area contributed by atoms with Crippen LogP contribution in [0.2, 0.25) is 0 Å². The summed E-state index contributed by atoms with van der Waals surface area (Å²) >= 11 is 0. The Morgan fingerprint density at radius 3 is 2.18 bits per heavy atom. The van der Waals surface area contributed by atoms with E-state index in [1.165, 1.54) is 0 Å². The molecule has 1 unspecified atom stereocenters. The first-order valence-corrected chi connectivity index (χ1v) is 7.17. The number of nitrogens with zero attached hydrogens (tertiary/aromatic N) is 2. The summed E-state index contributed by atoms with van der Waals surface area (Å²) in [5.74, 6) is 0. The van der Waals surface area contributed by atoms with E-state index in [0.717, 1.165) is 6.54 Å². The number of rotatable bonds is 9. The number of nitrogens with two attached hydrogens (primary N) is 1. The molecule has 2 N–H and O–H groups in total. The van der Waals surface area contributed by atoms with Crippen molar-refractivity contribution in [3.05, 3.63) is 0 Å². The summed E-state index contributed by atoms with van der Waals surface area (Å²) in [5, 5.41) is 8.34. The van der Waals surface area contributed by atoms with E-state index in [1.54, 1.807) is 0 Å². The molecule has 0 aromatic carbocycles. The van der Waals surface area contributed by atoms with Crippen molar-refractivity contribution in [3.63, 3.8) is 0 Å². The molecule has 0 fully saturated rings. The molecule has 1 atom stereocenters. The van der Waals surface area contributed by atoms with E-state index in [2.05, 4.69) is 32.6 Å². The van der Waals surface area contributed by atoms with Gasteiger partial charge in [-0.2, -0.15) is 5.26 Å². The van der Waals surface area contributed by atoms with Crippen LogP contribution in [0, 0.1) is 11.3 Å². The standard InChI is InChI=1S/C11H24N3O2P/c1-10(2)14(11(3)4)7-9-16-17(13)15-8-5-6-12/h10-11H,5,7-9,13H2,1-4H3. The minimum atomic E-state index is -1.34. The topological polar surface area (TPSA) is 71.5 Å². The lowest BCUT2D eigenvalue weighted by molar-refractivity contribution is 0.138. The fraction of sp³-hybridized carbons (Fsp3) is 0.909. The molecule has 0 saturated carbocycles. The smallest absolute Gasteiger partial charge is 0.252 e. The maximum atomic E-state index is 8.34. The van der Waals surface area contributed by atoms with Gasteiger partial charge in [0.15, 0.2) is 0 Å². The summed E-state index contributed by atoms with van der Waals surface area (Å²) < 4.78 is 10.6. The third-order valence-corrected chi connectivity index (χ3v) is 3.20. The third kappa shape index (κ3) is 8.48. The van der Waals surface area contributed by atoms with Crippen molar-refractivity contribution in [2.75, 3.05) is 19.8 Å². The van der Waals surface area contributed by atoms with Crippen LogP contribution in [0.3, 0.4) is 0 Å². The molecule has 6 heteroatoms. The van der Waals surface area contributed by atoms with Crippen LogP contribution in [-0.2, 0) is 9.05 Å². The molecular formula is C11H24N3O2P. The first kappa shape index (κ1) is 16.8. The van der Waals surface area contributed by atoms with E-state index < -0.39 is 8.53 Å². The average Bonchev–Trinajstić information content (AvgIpc) is 2.23. The van der Waals surface area contributed by atoms with Crippen LogP contribution in [0.25, 0.3) is 0 Å². The molecule has 17 heavy (non-hydrogen) atoms. The zero-order valence-electron chi connectivity index (χ0n) is 11.2. The molecular weight excluding hydrogens is 237 g/mol. The van der Waals surface area contributed by atoms with Crippen LogP contribution < -0.4 is 5.50 Å². The Morgan fingerprint density at radius 2 is 1.71 bits per heavy atom. The minimum Gasteiger partial charge on any atom is -0.321 e. The van der Waals surface area contributed by atoms with Gasteiger partial charge in [-0.1, -0.05) is 0 Å². The van der Waals surface area contributed by atoms with Crippen molar-refractivity contribution >= 4 is 8.53 Å². The normalized spacial score (nSPS) is 13.4. The average molecular weight is 261 g/mol. The van der Waals surface area contributed by atoms with Gasteiger partial charge in [0.2, 0.25) is 0 Å². The molecule has 5 nitrogen and oxygen atoms in total. The zero-order valence-corrected chi connectivity index (χ0v) is 12.1. The Kier molecular flexibility index (Phi) is 9.62. The number of hydrogen-bond acceptors (Lipinski definition) is 5. The molecule has 0 rings (SSSR count). The molecule has 0 spiro atoms. The van der Waals surface area contributed by atoms with Crippen LogP contribution in [0.1, 0.15) is 34.1 Å². The largest absolute Gasteiger partial charge is 0.321 e. The molecule has 0 saturated heterocycles. The Balaban J connectivity index is 3.70. The van der Waals surface area contributed by atoms with Crippen LogP contribution in [0.15, 0.2) is 0 Å². The zero-order chi connectivity index (χ0) is 13.3. The van der Waals surface area contributed by atoms with Crippen molar-refractivity contribution < 1.29 is 9.05 Å². The van der Waals surface area contributed by atoms with Gasteiger partial charge in [0.25, 0.3) is 8.53 Å². The van der Waals surface area contributed by atoms with Gasteiger partial charge < -0.3 is 9.05 Å². The fourth-order valence-electron chi connectivity index (χ4n) is 1.57. The molecule has 0 aliphatic carbocycles. The van der Waals surface area contributed by atoms with Gasteiger partial charge in [-0.05, 0) is 27.7 Å². The molecule has 0 bridgehead atoms. The molecule has 0 aliphatic heterocycles. The summed E-state index contributed by atoms with van der Waals surface area (Å²) in [6.45, 7) is 10.4. The maximum Gasteiger partial charge on any atom is 0.252 e. The van der Waals surface area contributed by atoms with Gasteiger partial charge in [0.05, 0.1) is 25.7 Å². The van der Waals surface area contributed by atoms with Gasteiger partial charge >= 0.3 is 0 Å². The van der Waals surface area contributed by atoms with Crippen molar-refractivity contribution in [3.8, 4) is 6.07 Å². The molecule has 0 amide bonds. The summed E-state index contributed by atoms with van der Waals surface area (Å²) in [5.41, 5.74) is 5.65. The quantitative estimate of drug-likeness (QED) is 0.509. The van der Waals surface area contributed by atoms with Crippen LogP contribution in [0.4, 0.5) is 0 Å². The van der Waals surface area contributed by atoms with Gasteiger partial charge in [0, 0.05) is 18.6 Å².